The molecule has 0 bridgehead atoms. The zero-order valence-corrected chi connectivity index (χ0v) is 6.83. The van der Waals surface area contributed by atoms with Gasteiger partial charge in [-0.25, -0.2) is 0 Å². The quantitative estimate of drug-likeness (QED) is 0.321. The maximum Gasteiger partial charge on any atom is 0.246 e. The van der Waals surface area contributed by atoms with Crippen LogP contribution in [0.2, 0.25) is 0 Å². The van der Waals surface area contributed by atoms with Crippen molar-refractivity contribution in [1.82, 2.24) is 5.32 Å². The molecule has 11 heavy (non-hydrogen) atoms. The van der Waals surface area contributed by atoms with Crippen molar-refractivity contribution in [2.75, 3.05) is 6.54 Å². The average Bonchev–Trinajstić information content (AvgIpc) is 1.84. The third-order valence-electron chi connectivity index (χ3n) is 1.24. The Kier molecular flexibility index (Phi) is 3.68. The highest BCUT2D eigenvalue weighted by Crippen LogP contribution is 2.05. The Labute approximate surface area is 66.2 Å². The molecule has 1 atom stereocenters. The fraction of sp³-hybridized carbons (Fsp3) is 0.714. The van der Waals surface area contributed by atoms with E-state index in [9.17, 15) is 0 Å². The first kappa shape index (κ1) is 10.6. The normalized spacial score (nSPS) is 14.6. The lowest BCUT2D eigenvalue weighted by Crippen LogP contribution is -2.48. The van der Waals surface area contributed by atoms with Crippen molar-refractivity contribution in [3.63, 3.8) is 0 Å². The molecule has 66 valence electrons. The Morgan fingerprint density at radius 2 is 2.09 bits per heavy atom. The summed E-state index contributed by atoms with van der Waals surface area (Å²) in [7, 11) is 0. The van der Waals surface area contributed by atoms with Crippen molar-refractivity contribution in [3.05, 3.63) is 12.2 Å². The molecule has 0 aromatic rings. The minimum atomic E-state index is -2.07. The summed E-state index contributed by atoms with van der Waals surface area (Å²) < 4.78 is 0. The number of hydrogen-bond donors (Lipinski definition) is 4. The molecular formula is C7H15NO3. The van der Waals surface area contributed by atoms with Crippen molar-refractivity contribution in [2.45, 2.75) is 25.9 Å². The molecule has 0 unspecified atom stereocenters. The molecule has 0 aromatic heterocycles. The van der Waals surface area contributed by atoms with E-state index in [-0.39, 0.29) is 12.1 Å². The molecule has 0 fully saturated rings. The first-order valence-corrected chi connectivity index (χ1v) is 3.40. The maximum absolute atomic E-state index is 9.07. The largest absolute Gasteiger partial charge is 0.392 e. The van der Waals surface area contributed by atoms with Crippen LogP contribution in [0.15, 0.2) is 12.2 Å². The topological polar surface area (TPSA) is 72.7 Å². The fourth-order valence-electron chi connectivity index (χ4n) is 0.441. The van der Waals surface area contributed by atoms with Gasteiger partial charge in [0.2, 0.25) is 5.91 Å². The highest BCUT2D eigenvalue weighted by atomic mass is 16.5. The van der Waals surface area contributed by atoms with Gasteiger partial charge in [0, 0.05) is 6.54 Å². The second kappa shape index (κ2) is 3.82. The first-order chi connectivity index (χ1) is 4.86. The molecule has 0 aromatic carbocycles. The zero-order valence-electron chi connectivity index (χ0n) is 6.83. The Balaban J connectivity index is 3.83. The van der Waals surface area contributed by atoms with Crippen molar-refractivity contribution in [3.8, 4) is 0 Å². The van der Waals surface area contributed by atoms with E-state index in [4.69, 9.17) is 15.3 Å². The van der Waals surface area contributed by atoms with Crippen molar-refractivity contribution >= 4 is 0 Å². The summed E-state index contributed by atoms with van der Waals surface area (Å²) in [5.41, 5.74) is 0.193. The lowest BCUT2D eigenvalue weighted by molar-refractivity contribution is -0.155. The van der Waals surface area contributed by atoms with Crippen LogP contribution in [0.1, 0.15) is 13.8 Å². The van der Waals surface area contributed by atoms with Gasteiger partial charge in [0.1, 0.15) is 0 Å². The standard InChI is InChI=1S/C7H15NO3/c1-5(2)7(10,11)8-4-6(3)9/h6,8-11H,1,4H2,2-3H3/t6-/m0/s1. The van der Waals surface area contributed by atoms with Crippen LogP contribution in [0.5, 0.6) is 0 Å². The predicted octanol–water partition coefficient (Wildman–Crippen LogP) is -0.829. The van der Waals surface area contributed by atoms with Crippen LogP contribution in [0.4, 0.5) is 0 Å². The van der Waals surface area contributed by atoms with Crippen LogP contribution >= 0.6 is 0 Å². The van der Waals surface area contributed by atoms with Crippen LogP contribution in [0, 0.1) is 0 Å². The summed E-state index contributed by atoms with van der Waals surface area (Å²) in [5.74, 6) is -2.07. The summed E-state index contributed by atoms with van der Waals surface area (Å²) in [6.07, 6.45) is -0.618. The number of rotatable bonds is 4. The Bertz CT molecular complexity index is 143. The number of nitrogens with one attached hydrogen (secondary N) is 1. The minimum absolute atomic E-state index is 0.111. The van der Waals surface area contributed by atoms with Crippen molar-refractivity contribution in [1.29, 1.82) is 0 Å². The third-order valence-corrected chi connectivity index (χ3v) is 1.24. The highest BCUT2D eigenvalue weighted by molar-refractivity contribution is 5.00. The molecule has 0 aliphatic carbocycles. The van der Waals surface area contributed by atoms with E-state index < -0.39 is 12.0 Å². The van der Waals surface area contributed by atoms with Gasteiger partial charge in [-0.2, -0.15) is 0 Å². The number of hydrogen-bond acceptors (Lipinski definition) is 4. The second-order valence-corrected chi connectivity index (χ2v) is 2.68. The molecule has 4 nitrogen and oxygen atoms in total. The summed E-state index contributed by atoms with van der Waals surface area (Å²) >= 11 is 0. The average molecular weight is 161 g/mol. The lowest BCUT2D eigenvalue weighted by atomic mass is 10.2. The second-order valence-electron chi connectivity index (χ2n) is 2.68. The van der Waals surface area contributed by atoms with Crippen LogP contribution in [-0.2, 0) is 0 Å². The summed E-state index contributed by atoms with van der Waals surface area (Å²) in [4.78, 5) is 0. The lowest BCUT2D eigenvalue weighted by Gasteiger charge is -2.23. The van der Waals surface area contributed by atoms with E-state index >= 15 is 0 Å². The van der Waals surface area contributed by atoms with E-state index in [1.54, 1.807) is 6.92 Å². The maximum atomic E-state index is 9.07. The molecule has 0 rings (SSSR count). The van der Waals surface area contributed by atoms with Gasteiger partial charge in [0.05, 0.1) is 6.10 Å². The Morgan fingerprint density at radius 1 is 1.64 bits per heavy atom. The molecule has 0 amide bonds. The van der Waals surface area contributed by atoms with Gasteiger partial charge < -0.3 is 15.3 Å². The van der Waals surface area contributed by atoms with Crippen LogP contribution in [0.3, 0.4) is 0 Å². The Morgan fingerprint density at radius 3 is 2.36 bits per heavy atom. The van der Waals surface area contributed by atoms with Crippen LogP contribution < -0.4 is 5.32 Å². The molecule has 4 heteroatoms. The van der Waals surface area contributed by atoms with E-state index in [1.165, 1.54) is 6.92 Å². The minimum Gasteiger partial charge on any atom is -0.392 e. The molecule has 0 aliphatic heterocycles. The molecule has 4 N–H and O–H groups in total. The third kappa shape index (κ3) is 4.10. The molecule has 0 saturated carbocycles. The van der Waals surface area contributed by atoms with Gasteiger partial charge in [-0.3, -0.25) is 5.32 Å². The fourth-order valence-corrected chi connectivity index (χ4v) is 0.441. The van der Waals surface area contributed by atoms with Gasteiger partial charge in [-0.05, 0) is 19.4 Å². The summed E-state index contributed by atoms with van der Waals surface area (Å²) in [5, 5.41) is 29.3. The van der Waals surface area contributed by atoms with Crippen molar-refractivity contribution in [2.24, 2.45) is 0 Å². The Hall–Kier alpha value is -0.420. The van der Waals surface area contributed by atoms with Gasteiger partial charge in [-0.1, -0.05) is 6.58 Å². The van der Waals surface area contributed by atoms with E-state index in [1.807, 2.05) is 0 Å². The monoisotopic (exact) mass is 161 g/mol. The van der Waals surface area contributed by atoms with Crippen LogP contribution in [-0.4, -0.2) is 33.9 Å². The SMILES string of the molecule is C=C(C)C(O)(O)NC[C@H](C)O. The van der Waals surface area contributed by atoms with Gasteiger partial charge in [-0.15, -0.1) is 0 Å². The highest BCUT2D eigenvalue weighted by Gasteiger charge is 2.23. The molecule has 0 spiro atoms. The van der Waals surface area contributed by atoms with E-state index in [2.05, 4.69) is 11.9 Å². The summed E-state index contributed by atoms with van der Waals surface area (Å²) in [6, 6.07) is 0. The van der Waals surface area contributed by atoms with E-state index in [0.717, 1.165) is 0 Å². The molecular weight excluding hydrogens is 146 g/mol. The van der Waals surface area contributed by atoms with Gasteiger partial charge in [0.15, 0.2) is 0 Å². The van der Waals surface area contributed by atoms with Crippen molar-refractivity contribution < 1.29 is 15.3 Å². The van der Waals surface area contributed by atoms with E-state index in [0.29, 0.717) is 0 Å². The smallest absolute Gasteiger partial charge is 0.246 e. The molecule has 0 saturated heterocycles. The molecule has 0 radical (unpaired) electrons. The molecule has 0 aliphatic rings. The number of aliphatic hydroxyl groups is 3. The van der Waals surface area contributed by atoms with Gasteiger partial charge in [0.25, 0.3) is 0 Å². The zero-order chi connectivity index (χ0) is 9.07. The number of aliphatic hydroxyl groups excluding tert-OH is 1. The summed E-state index contributed by atoms with van der Waals surface area (Å²) in [6.45, 7) is 6.50. The molecule has 0 heterocycles. The van der Waals surface area contributed by atoms with Gasteiger partial charge >= 0.3 is 0 Å². The van der Waals surface area contributed by atoms with Crippen LogP contribution in [0.25, 0.3) is 0 Å². The first-order valence-electron chi connectivity index (χ1n) is 3.40. The predicted molar refractivity (Wildman–Crippen MR) is 41.7 cm³/mol.